The maximum Gasteiger partial charge on any atom is 0.150 e. The molecule has 11 heavy (non-hydrogen) atoms. The highest BCUT2D eigenvalue weighted by Gasteiger charge is 2.35. The second-order valence-corrected chi connectivity index (χ2v) is 2.89. The fourth-order valence-electron chi connectivity index (χ4n) is 1.53. The molecule has 0 N–H and O–H groups in total. The number of carbonyl (C=O) groups excluding carboxylic acids is 1. The molecule has 2 rings (SSSR count). The zero-order chi connectivity index (χ0) is 7.68. The average molecular weight is 157 g/mol. The minimum absolute atomic E-state index is 0.235. The molecule has 2 aliphatic rings. The number of fused-ring (bicyclic) bond motifs is 1. The standard InChI is InChI=1S/C7H11NO3/c9-4-7-3-6-5-10-2-1-8(6)11-7/h4,6-7H,1-3,5H2/t6-,7+/m0/s1. The molecular weight excluding hydrogens is 146 g/mol. The van der Waals surface area contributed by atoms with E-state index in [2.05, 4.69) is 0 Å². The van der Waals surface area contributed by atoms with Crippen molar-refractivity contribution in [3.05, 3.63) is 0 Å². The van der Waals surface area contributed by atoms with Gasteiger partial charge in [0, 0.05) is 13.0 Å². The summed E-state index contributed by atoms with van der Waals surface area (Å²) in [7, 11) is 0. The van der Waals surface area contributed by atoms with Crippen LogP contribution < -0.4 is 0 Å². The Morgan fingerprint density at radius 1 is 1.55 bits per heavy atom. The van der Waals surface area contributed by atoms with Gasteiger partial charge in [-0.2, -0.15) is 5.06 Å². The van der Waals surface area contributed by atoms with Crippen LogP contribution in [-0.2, 0) is 14.4 Å². The highest BCUT2D eigenvalue weighted by atomic mass is 16.7. The molecule has 4 heteroatoms. The fourth-order valence-corrected chi connectivity index (χ4v) is 1.53. The van der Waals surface area contributed by atoms with E-state index in [1.54, 1.807) is 0 Å². The molecule has 0 aliphatic carbocycles. The van der Waals surface area contributed by atoms with Crippen molar-refractivity contribution < 1.29 is 14.4 Å². The van der Waals surface area contributed by atoms with Crippen LogP contribution in [0.25, 0.3) is 0 Å². The molecule has 0 amide bonds. The van der Waals surface area contributed by atoms with Gasteiger partial charge in [-0.05, 0) is 0 Å². The Morgan fingerprint density at radius 2 is 2.45 bits per heavy atom. The molecule has 0 saturated carbocycles. The van der Waals surface area contributed by atoms with Gasteiger partial charge in [-0.3, -0.25) is 4.84 Å². The molecule has 4 nitrogen and oxygen atoms in total. The summed E-state index contributed by atoms with van der Waals surface area (Å²) in [5.41, 5.74) is 0. The second kappa shape index (κ2) is 2.89. The number of ether oxygens (including phenoxy) is 1. The minimum atomic E-state index is -0.235. The Hall–Kier alpha value is -0.450. The number of hydrogen-bond acceptors (Lipinski definition) is 4. The van der Waals surface area contributed by atoms with Gasteiger partial charge in [0.2, 0.25) is 0 Å². The van der Waals surface area contributed by atoms with Crippen LogP contribution in [0.15, 0.2) is 0 Å². The van der Waals surface area contributed by atoms with Crippen LogP contribution in [0.2, 0.25) is 0 Å². The fraction of sp³-hybridized carbons (Fsp3) is 0.857. The van der Waals surface area contributed by atoms with E-state index < -0.39 is 0 Å². The van der Waals surface area contributed by atoms with E-state index in [0.717, 1.165) is 19.3 Å². The Labute approximate surface area is 65.0 Å². The number of hydroxylamine groups is 2. The average Bonchev–Trinajstić information content (AvgIpc) is 2.46. The van der Waals surface area contributed by atoms with Gasteiger partial charge in [0.15, 0.2) is 6.29 Å². The van der Waals surface area contributed by atoms with E-state index in [9.17, 15) is 4.79 Å². The molecule has 2 heterocycles. The lowest BCUT2D eigenvalue weighted by atomic mass is 10.1. The quantitative estimate of drug-likeness (QED) is 0.485. The van der Waals surface area contributed by atoms with Gasteiger partial charge in [-0.25, -0.2) is 0 Å². The summed E-state index contributed by atoms with van der Waals surface area (Å²) in [6.07, 6.45) is 1.41. The number of nitrogens with zero attached hydrogens (tertiary/aromatic N) is 1. The third-order valence-electron chi connectivity index (χ3n) is 2.10. The zero-order valence-electron chi connectivity index (χ0n) is 6.23. The molecule has 0 bridgehead atoms. The molecular formula is C7H11NO3. The van der Waals surface area contributed by atoms with Gasteiger partial charge in [-0.1, -0.05) is 0 Å². The molecule has 0 radical (unpaired) electrons. The van der Waals surface area contributed by atoms with Crippen molar-refractivity contribution >= 4 is 6.29 Å². The molecule has 62 valence electrons. The van der Waals surface area contributed by atoms with E-state index in [1.807, 2.05) is 5.06 Å². The molecule has 0 unspecified atom stereocenters. The van der Waals surface area contributed by atoms with Crippen molar-refractivity contribution in [1.82, 2.24) is 5.06 Å². The smallest absolute Gasteiger partial charge is 0.150 e. The van der Waals surface area contributed by atoms with Crippen LogP contribution in [-0.4, -0.2) is 43.3 Å². The summed E-state index contributed by atoms with van der Waals surface area (Å²) >= 11 is 0. The van der Waals surface area contributed by atoms with Gasteiger partial charge in [-0.15, -0.1) is 0 Å². The van der Waals surface area contributed by atoms with Crippen molar-refractivity contribution in [2.24, 2.45) is 0 Å². The first-order valence-electron chi connectivity index (χ1n) is 3.86. The van der Waals surface area contributed by atoms with E-state index in [1.165, 1.54) is 0 Å². The van der Waals surface area contributed by atoms with Gasteiger partial charge in [0.25, 0.3) is 0 Å². The SMILES string of the molecule is O=C[C@H]1C[C@H]2COCCN2O1. The lowest BCUT2D eigenvalue weighted by molar-refractivity contribution is -0.193. The molecule has 2 fully saturated rings. The zero-order valence-corrected chi connectivity index (χ0v) is 6.23. The van der Waals surface area contributed by atoms with Gasteiger partial charge >= 0.3 is 0 Å². The molecule has 2 aliphatic heterocycles. The van der Waals surface area contributed by atoms with Crippen LogP contribution in [0.5, 0.6) is 0 Å². The first kappa shape index (κ1) is 7.21. The predicted octanol–water partition coefficient (Wildman–Crippen LogP) is -0.410. The second-order valence-electron chi connectivity index (χ2n) is 2.89. The van der Waals surface area contributed by atoms with Gasteiger partial charge < -0.3 is 9.53 Å². The summed E-state index contributed by atoms with van der Waals surface area (Å²) < 4.78 is 5.24. The van der Waals surface area contributed by atoms with Gasteiger partial charge in [0.1, 0.15) is 6.10 Å². The van der Waals surface area contributed by atoms with Gasteiger partial charge in [0.05, 0.1) is 19.3 Å². The summed E-state index contributed by atoms with van der Waals surface area (Å²) in [4.78, 5) is 15.7. The lowest BCUT2D eigenvalue weighted by Crippen LogP contribution is -2.39. The summed E-state index contributed by atoms with van der Waals surface area (Å²) in [6.45, 7) is 2.20. The maximum atomic E-state index is 10.4. The highest BCUT2D eigenvalue weighted by Crippen LogP contribution is 2.21. The molecule has 0 aromatic heterocycles. The molecule has 0 aromatic rings. The van der Waals surface area contributed by atoms with E-state index in [4.69, 9.17) is 9.57 Å². The first-order valence-corrected chi connectivity index (χ1v) is 3.86. The molecule has 2 atom stereocenters. The molecule has 0 spiro atoms. The number of carbonyl (C=O) groups is 1. The summed E-state index contributed by atoms with van der Waals surface area (Å²) in [5.74, 6) is 0. The largest absolute Gasteiger partial charge is 0.378 e. The van der Waals surface area contributed by atoms with Crippen LogP contribution in [0.1, 0.15) is 6.42 Å². The number of hydrogen-bond donors (Lipinski definition) is 0. The lowest BCUT2D eigenvalue weighted by Gasteiger charge is -2.26. The van der Waals surface area contributed by atoms with E-state index in [-0.39, 0.29) is 6.10 Å². The normalized spacial score (nSPS) is 38.5. The van der Waals surface area contributed by atoms with E-state index >= 15 is 0 Å². The molecule has 2 saturated heterocycles. The maximum absolute atomic E-state index is 10.4. The Morgan fingerprint density at radius 3 is 3.18 bits per heavy atom. The predicted molar refractivity (Wildman–Crippen MR) is 36.9 cm³/mol. The van der Waals surface area contributed by atoms with Crippen LogP contribution in [0.3, 0.4) is 0 Å². The number of rotatable bonds is 1. The Bertz CT molecular complexity index is 148. The third-order valence-corrected chi connectivity index (χ3v) is 2.10. The number of aldehydes is 1. The van der Waals surface area contributed by atoms with Crippen molar-refractivity contribution in [3.63, 3.8) is 0 Å². The van der Waals surface area contributed by atoms with Crippen molar-refractivity contribution in [2.45, 2.75) is 18.6 Å². The van der Waals surface area contributed by atoms with E-state index in [0.29, 0.717) is 19.3 Å². The van der Waals surface area contributed by atoms with Crippen LogP contribution in [0.4, 0.5) is 0 Å². The minimum Gasteiger partial charge on any atom is -0.378 e. The summed E-state index contributed by atoms with van der Waals surface area (Å²) in [5, 5.41) is 1.86. The van der Waals surface area contributed by atoms with Crippen molar-refractivity contribution in [2.75, 3.05) is 19.8 Å². The summed E-state index contributed by atoms with van der Waals surface area (Å²) in [6, 6.07) is 0.305. The van der Waals surface area contributed by atoms with Crippen LogP contribution >= 0.6 is 0 Å². The Balaban J connectivity index is 1.97. The monoisotopic (exact) mass is 157 g/mol. The topological polar surface area (TPSA) is 38.8 Å². The van der Waals surface area contributed by atoms with Crippen molar-refractivity contribution in [1.29, 1.82) is 0 Å². The first-order chi connectivity index (χ1) is 5.40. The third kappa shape index (κ3) is 1.29. The Kier molecular flexibility index (Phi) is 1.89. The van der Waals surface area contributed by atoms with Crippen molar-refractivity contribution in [3.8, 4) is 0 Å². The van der Waals surface area contributed by atoms with Crippen LogP contribution in [0, 0.1) is 0 Å². The molecule has 0 aromatic carbocycles. The number of morpholine rings is 1. The highest BCUT2D eigenvalue weighted by molar-refractivity contribution is 5.56.